The lowest BCUT2D eigenvalue weighted by molar-refractivity contribution is 0.346. The standard InChI is InChI=1S/C17H24N4O2S2/c1-15-18-8-12-20(15)9-5-13-24-17-7-6-16(14-19-17)25(22,23)21-10-3-2-4-11-21/h6-8,12,14H,2-5,9-11,13H2,1H3. The summed E-state index contributed by atoms with van der Waals surface area (Å²) in [6, 6.07) is 3.49. The average molecular weight is 381 g/mol. The SMILES string of the molecule is Cc1nccn1CCCSc1ccc(S(=O)(=O)N2CCCCC2)cn1. The normalized spacial score (nSPS) is 16.2. The van der Waals surface area contributed by atoms with Crippen molar-refractivity contribution in [2.75, 3.05) is 18.8 Å². The van der Waals surface area contributed by atoms with Crippen LogP contribution in [0.1, 0.15) is 31.5 Å². The molecular formula is C17H24N4O2S2. The van der Waals surface area contributed by atoms with Crippen LogP contribution in [0.25, 0.3) is 0 Å². The summed E-state index contributed by atoms with van der Waals surface area (Å²) in [4.78, 5) is 8.84. The van der Waals surface area contributed by atoms with E-state index in [1.54, 1.807) is 22.1 Å². The summed E-state index contributed by atoms with van der Waals surface area (Å²) in [6.45, 7) is 4.16. The van der Waals surface area contributed by atoms with Crippen molar-refractivity contribution in [3.8, 4) is 0 Å². The quantitative estimate of drug-likeness (QED) is 0.546. The first-order chi connectivity index (χ1) is 12.1. The van der Waals surface area contributed by atoms with Crippen LogP contribution in [0, 0.1) is 6.92 Å². The van der Waals surface area contributed by atoms with E-state index in [1.807, 2.05) is 25.4 Å². The minimum Gasteiger partial charge on any atom is -0.335 e. The molecule has 136 valence electrons. The first kappa shape index (κ1) is 18.4. The van der Waals surface area contributed by atoms with E-state index in [-0.39, 0.29) is 0 Å². The molecular weight excluding hydrogens is 356 g/mol. The molecule has 25 heavy (non-hydrogen) atoms. The van der Waals surface area contributed by atoms with E-state index < -0.39 is 10.0 Å². The molecule has 1 fully saturated rings. The fourth-order valence-electron chi connectivity index (χ4n) is 2.91. The zero-order chi connectivity index (χ0) is 17.7. The number of hydrogen-bond donors (Lipinski definition) is 0. The van der Waals surface area contributed by atoms with Gasteiger partial charge in [0.2, 0.25) is 10.0 Å². The van der Waals surface area contributed by atoms with Gasteiger partial charge in [0.25, 0.3) is 0 Å². The molecule has 1 aliphatic heterocycles. The number of imidazole rings is 1. The molecule has 2 aromatic heterocycles. The van der Waals surface area contributed by atoms with E-state index in [1.165, 1.54) is 6.20 Å². The summed E-state index contributed by atoms with van der Waals surface area (Å²) in [6.07, 6.45) is 9.29. The topological polar surface area (TPSA) is 68.1 Å². The Bertz CT molecular complexity index is 781. The second kappa shape index (κ2) is 8.33. The number of piperidine rings is 1. The zero-order valence-electron chi connectivity index (χ0n) is 14.5. The smallest absolute Gasteiger partial charge is 0.244 e. The number of aromatic nitrogens is 3. The van der Waals surface area contributed by atoms with Gasteiger partial charge < -0.3 is 4.57 Å². The summed E-state index contributed by atoms with van der Waals surface area (Å²) < 4.78 is 28.9. The van der Waals surface area contributed by atoms with E-state index >= 15 is 0 Å². The Kier molecular flexibility index (Phi) is 6.14. The second-order valence-corrected chi connectivity index (χ2v) is 9.22. The van der Waals surface area contributed by atoms with Gasteiger partial charge in [0.1, 0.15) is 10.7 Å². The maximum Gasteiger partial charge on any atom is 0.244 e. The first-order valence-electron chi connectivity index (χ1n) is 8.64. The Morgan fingerprint density at radius 1 is 1.16 bits per heavy atom. The van der Waals surface area contributed by atoms with Crippen molar-refractivity contribution >= 4 is 21.8 Å². The average Bonchev–Trinajstić information content (AvgIpc) is 3.05. The lowest BCUT2D eigenvalue weighted by atomic mass is 10.2. The fourth-order valence-corrected chi connectivity index (χ4v) is 5.15. The van der Waals surface area contributed by atoms with Crippen LogP contribution in [-0.4, -0.2) is 46.1 Å². The highest BCUT2D eigenvalue weighted by Gasteiger charge is 2.26. The molecule has 3 heterocycles. The molecule has 3 rings (SSSR count). The van der Waals surface area contributed by atoms with Crippen molar-refractivity contribution in [3.05, 3.63) is 36.5 Å². The Morgan fingerprint density at radius 2 is 1.96 bits per heavy atom. The zero-order valence-corrected chi connectivity index (χ0v) is 16.1. The molecule has 0 radical (unpaired) electrons. The van der Waals surface area contributed by atoms with Crippen LogP contribution >= 0.6 is 11.8 Å². The van der Waals surface area contributed by atoms with Crippen molar-refractivity contribution in [1.29, 1.82) is 0 Å². The van der Waals surface area contributed by atoms with Gasteiger partial charge in [-0.2, -0.15) is 4.31 Å². The lowest BCUT2D eigenvalue weighted by Gasteiger charge is -2.25. The maximum atomic E-state index is 12.6. The van der Waals surface area contributed by atoms with Crippen molar-refractivity contribution in [3.63, 3.8) is 0 Å². The van der Waals surface area contributed by atoms with Gasteiger partial charge in [-0.15, -0.1) is 11.8 Å². The molecule has 0 bridgehead atoms. The monoisotopic (exact) mass is 380 g/mol. The molecule has 0 aromatic carbocycles. The number of rotatable bonds is 7. The van der Waals surface area contributed by atoms with Crippen molar-refractivity contribution in [1.82, 2.24) is 18.8 Å². The molecule has 2 aromatic rings. The van der Waals surface area contributed by atoms with Crippen LogP contribution in [0.4, 0.5) is 0 Å². The Morgan fingerprint density at radius 3 is 2.60 bits per heavy atom. The van der Waals surface area contributed by atoms with Gasteiger partial charge in [-0.1, -0.05) is 6.42 Å². The number of pyridine rings is 1. The van der Waals surface area contributed by atoms with Crippen LogP contribution in [-0.2, 0) is 16.6 Å². The van der Waals surface area contributed by atoms with Gasteiger partial charge in [-0.3, -0.25) is 0 Å². The Labute approximate surface area is 153 Å². The fraction of sp³-hybridized carbons (Fsp3) is 0.529. The highest BCUT2D eigenvalue weighted by atomic mass is 32.2. The molecule has 0 amide bonds. The van der Waals surface area contributed by atoms with E-state index in [0.29, 0.717) is 18.0 Å². The third-order valence-electron chi connectivity index (χ3n) is 4.38. The van der Waals surface area contributed by atoms with Crippen LogP contribution < -0.4 is 0 Å². The van der Waals surface area contributed by atoms with E-state index in [4.69, 9.17) is 0 Å². The minimum atomic E-state index is -3.39. The van der Waals surface area contributed by atoms with Crippen molar-refractivity contribution < 1.29 is 8.42 Å². The summed E-state index contributed by atoms with van der Waals surface area (Å²) in [5.41, 5.74) is 0. The molecule has 0 N–H and O–H groups in total. The van der Waals surface area contributed by atoms with Gasteiger partial charge in [-0.25, -0.2) is 18.4 Å². The van der Waals surface area contributed by atoms with Crippen molar-refractivity contribution in [2.24, 2.45) is 0 Å². The minimum absolute atomic E-state index is 0.299. The molecule has 0 aliphatic carbocycles. The van der Waals surface area contributed by atoms with Crippen molar-refractivity contribution in [2.45, 2.75) is 49.1 Å². The highest BCUT2D eigenvalue weighted by Crippen LogP contribution is 2.22. The van der Waals surface area contributed by atoms with E-state index in [9.17, 15) is 8.42 Å². The van der Waals surface area contributed by atoms with Gasteiger partial charge >= 0.3 is 0 Å². The molecule has 0 atom stereocenters. The van der Waals surface area contributed by atoms with Gasteiger partial charge in [0, 0.05) is 44.0 Å². The predicted octanol–water partition coefficient (Wildman–Crippen LogP) is 2.94. The molecule has 0 spiro atoms. The van der Waals surface area contributed by atoms with E-state index in [2.05, 4.69) is 14.5 Å². The summed E-state index contributed by atoms with van der Waals surface area (Å²) >= 11 is 1.65. The summed E-state index contributed by atoms with van der Waals surface area (Å²) in [5, 5.41) is 0.861. The number of aryl methyl sites for hydroxylation is 2. The van der Waals surface area contributed by atoms with E-state index in [0.717, 1.165) is 48.8 Å². The number of hydrogen-bond acceptors (Lipinski definition) is 5. The molecule has 0 unspecified atom stereocenters. The molecule has 0 saturated carbocycles. The maximum absolute atomic E-state index is 12.6. The predicted molar refractivity (Wildman–Crippen MR) is 99.2 cm³/mol. The number of sulfonamides is 1. The Balaban J connectivity index is 1.52. The Hall–Kier alpha value is -1.38. The number of thioether (sulfide) groups is 1. The highest BCUT2D eigenvalue weighted by molar-refractivity contribution is 7.99. The first-order valence-corrected chi connectivity index (χ1v) is 11.1. The number of nitrogens with zero attached hydrogens (tertiary/aromatic N) is 4. The summed E-state index contributed by atoms with van der Waals surface area (Å²) in [7, 11) is -3.39. The third-order valence-corrected chi connectivity index (χ3v) is 7.29. The van der Waals surface area contributed by atoms with Crippen LogP contribution in [0.2, 0.25) is 0 Å². The van der Waals surface area contributed by atoms with Crippen LogP contribution in [0.5, 0.6) is 0 Å². The molecule has 1 aliphatic rings. The molecule has 8 heteroatoms. The second-order valence-electron chi connectivity index (χ2n) is 6.17. The van der Waals surface area contributed by atoms with Crippen LogP contribution in [0.3, 0.4) is 0 Å². The van der Waals surface area contributed by atoms with Crippen LogP contribution in [0.15, 0.2) is 40.6 Å². The largest absolute Gasteiger partial charge is 0.335 e. The summed E-state index contributed by atoms with van der Waals surface area (Å²) in [5.74, 6) is 1.96. The molecule has 1 saturated heterocycles. The molecule has 6 nitrogen and oxygen atoms in total. The lowest BCUT2D eigenvalue weighted by Crippen LogP contribution is -2.35. The van der Waals surface area contributed by atoms with Gasteiger partial charge in [0.15, 0.2) is 0 Å². The third kappa shape index (κ3) is 4.62. The van der Waals surface area contributed by atoms with Gasteiger partial charge in [0.05, 0.1) is 5.03 Å². The van der Waals surface area contributed by atoms with Gasteiger partial charge in [-0.05, 0) is 38.3 Å².